The summed E-state index contributed by atoms with van der Waals surface area (Å²) in [5, 5.41) is 21.8. The highest BCUT2D eigenvalue weighted by Crippen LogP contribution is 2.29. The van der Waals surface area contributed by atoms with E-state index in [0.29, 0.717) is 18.9 Å². The summed E-state index contributed by atoms with van der Waals surface area (Å²) in [5.41, 5.74) is 0.770. The molecule has 0 aliphatic heterocycles. The van der Waals surface area contributed by atoms with Crippen LogP contribution >= 0.6 is 0 Å². The molecular formula is C12H19NO3. The molecular weight excluding hydrogens is 206 g/mol. The fraction of sp³-hybridized carbons (Fsp3) is 0.500. The Morgan fingerprint density at radius 3 is 2.81 bits per heavy atom. The van der Waals surface area contributed by atoms with Crippen molar-refractivity contribution in [1.82, 2.24) is 5.32 Å². The third-order valence-corrected chi connectivity index (χ3v) is 2.30. The maximum Gasteiger partial charge on any atom is 0.162 e. The summed E-state index contributed by atoms with van der Waals surface area (Å²) >= 11 is 0. The number of nitrogens with one attached hydrogen (secondary N) is 1. The van der Waals surface area contributed by atoms with Crippen molar-refractivity contribution in [2.45, 2.75) is 26.4 Å². The molecule has 0 spiro atoms. The second kappa shape index (κ2) is 6.35. The zero-order chi connectivity index (χ0) is 12.0. The van der Waals surface area contributed by atoms with Crippen LogP contribution in [0.3, 0.4) is 0 Å². The molecule has 0 aliphatic rings. The van der Waals surface area contributed by atoms with Gasteiger partial charge in [-0.05, 0) is 19.9 Å². The summed E-state index contributed by atoms with van der Waals surface area (Å²) in [6.45, 7) is 4.86. The van der Waals surface area contributed by atoms with Crippen LogP contribution in [0.25, 0.3) is 0 Å². The molecule has 1 aromatic carbocycles. The molecule has 3 N–H and O–H groups in total. The van der Waals surface area contributed by atoms with Gasteiger partial charge in [0.15, 0.2) is 11.5 Å². The van der Waals surface area contributed by atoms with Crippen molar-refractivity contribution in [1.29, 1.82) is 0 Å². The van der Waals surface area contributed by atoms with Crippen LogP contribution in [0.5, 0.6) is 11.5 Å². The Labute approximate surface area is 95.9 Å². The van der Waals surface area contributed by atoms with Gasteiger partial charge in [-0.3, -0.25) is 0 Å². The molecule has 0 saturated carbocycles. The lowest BCUT2D eigenvalue weighted by atomic mass is 10.1. The minimum atomic E-state index is 0.00940. The highest BCUT2D eigenvalue weighted by molar-refractivity contribution is 5.45. The quantitative estimate of drug-likeness (QED) is 0.682. The molecule has 0 amide bonds. The summed E-state index contributed by atoms with van der Waals surface area (Å²) < 4.78 is 5.28. The predicted octanol–water partition coefficient (Wildman–Crippen LogP) is 1.26. The van der Waals surface area contributed by atoms with Gasteiger partial charge in [-0.1, -0.05) is 12.1 Å². The van der Waals surface area contributed by atoms with E-state index in [9.17, 15) is 5.11 Å². The fourth-order valence-corrected chi connectivity index (χ4v) is 1.33. The van der Waals surface area contributed by atoms with Crippen LogP contribution in [0.15, 0.2) is 18.2 Å². The molecule has 1 atom stereocenters. The molecule has 1 aromatic rings. The van der Waals surface area contributed by atoms with Crippen molar-refractivity contribution in [2.75, 3.05) is 13.2 Å². The molecule has 0 bridgehead atoms. The largest absolute Gasteiger partial charge is 0.504 e. The molecule has 16 heavy (non-hydrogen) atoms. The zero-order valence-electron chi connectivity index (χ0n) is 9.73. The highest BCUT2D eigenvalue weighted by atomic mass is 16.5. The topological polar surface area (TPSA) is 61.7 Å². The van der Waals surface area contributed by atoms with E-state index in [1.807, 2.05) is 26.0 Å². The number of hydrogen-bond donors (Lipinski definition) is 3. The standard InChI is InChI=1S/C12H19NO3/c1-3-16-11-6-4-5-10(12(11)15)7-13-9(2)8-14/h4-6,9,13-15H,3,7-8H2,1-2H3. The molecule has 90 valence electrons. The lowest BCUT2D eigenvalue weighted by Crippen LogP contribution is -2.28. The molecule has 4 nitrogen and oxygen atoms in total. The van der Waals surface area contributed by atoms with Gasteiger partial charge < -0.3 is 20.3 Å². The summed E-state index contributed by atoms with van der Waals surface area (Å²) in [6, 6.07) is 5.41. The monoisotopic (exact) mass is 225 g/mol. The van der Waals surface area contributed by atoms with Gasteiger partial charge in [-0.2, -0.15) is 0 Å². The first-order valence-corrected chi connectivity index (χ1v) is 5.47. The number of para-hydroxylation sites is 1. The van der Waals surface area contributed by atoms with Gasteiger partial charge in [0, 0.05) is 18.2 Å². The lowest BCUT2D eigenvalue weighted by molar-refractivity contribution is 0.250. The van der Waals surface area contributed by atoms with Gasteiger partial charge >= 0.3 is 0 Å². The maximum absolute atomic E-state index is 9.88. The zero-order valence-corrected chi connectivity index (χ0v) is 9.73. The van der Waals surface area contributed by atoms with Crippen molar-refractivity contribution in [3.63, 3.8) is 0 Å². The van der Waals surface area contributed by atoms with E-state index in [1.165, 1.54) is 0 Å². The third kappa shape index (κ3) is 3.40. The van der Waals surface area contributed by atoms with E-state index >= 15 is 0 Å². The molecule has 1 unspecified atom stereocenters. The average molecular weight is 225 g/mol. The van der Waals surface area contributed by atoms with E-state index in [1.54, 1.807) is 6.07 Å². The number of ether oxygens (including phenoxy) is 1. The smallest absolute Gasteiger partial charge is 0.162 e. The van der Waals surface area contributed by atoms with Gasteiger partial charge in [0.05, 0.1) is 13.2 Å². The Kier molecular flexibility index (Phi) is 5.08. The Bertz CT molecular complexity index is 328. The van der Waals surface area contributed by atoms with E-state index in [4.69, 9.17) is 9.84 Å². The Balaban J connectivity index is 2.69. The number of aromatic hydroxyl groups is 1. The number of benzene rings is 1. The maximum atomic E-state index is 9.88. The summed E-state index contributed by atoms with van der Waals surface area (Å²) in [5.74, 6) is 0.667. The molecule has 0 saturated heterocycles. The van der Waals surface area contributed by atoms with Crippen LogP contribution in [-0.4, -0.2) is 29.5 Å². The van der Waals surface area contributed by atoms with Crippen molar-refractivity contribution in [3.8, 4) is 11.5 Å². The number of aliphatic hydroxyl groups excluding tert-OH is 1. The Hall–Kier alpha value is -1.26. The number of rotatable bonds is 6. The number of phenols is 1. The van der Waals surface area contributed by atoms with Crippen molar-refractivity contribution in [3.05, 3.63) is 23.8 Å². The van der Waals surface area contributed by atoms with E-state index in [-0.39, 0.29) is 18.4 Å². The minimum Gasteiger partial charge on any atom is -0.504 e. The summed E-state index contributed by atoms with van der Waals surface area (Å²) in [7, 11) is 0. The predicted molar refractivity (Wildman–Crippen MR) is 62.7 cm³/mol. The molecule has 0 aromatic heterocycles. The molecule has 0 heterocycles. The first-order valence-electron chi connectivity index (χ1n) is 5.47. The SMILES string of the molecule is CCOc1cccc(CNC(C)CO)c1O. The summed E-state index contributed by atoms with van der Waals surface area (Å²) in [6.07, 6.45) is 0. The van der Waals surface area contributed by atoms with E-state index in [2.05, 4.69) is 5.32 Å². The summed E-state index contributed by atoms with van der Waals surface area (Å²) in [4.78, 5) is 0. The first kappa shape index (κ1) is 12.8. The van der Waals surface area contributed by atoms with Crippen molar-refractivity contribution < 1.29 is 14.9 Å². The first-order chi connectivity index (χ1) is 7.69. The third-order valence-electron chi connectivity index (χ3n) is 2.30. The molecule has 4 heteroatoms. The average Bonchev–Trinajstić information content (AvgIpc) is 2.30. The van der Waals surface area contributed by atoms with Gasteiger partial charge in [0.1, 0.15) is 0 Å². The fourth-order valence-electron chi connectivity index (χ4n) is 1.33. The van der Waals surface area contributed by atoms with Gasteiger partial charge in [-0.15, -0.1) is 0 Å². The van der Waals surface area contributed by atoms with Gasteiger partial charge in [0.25, 0.3) is 0 Å². The number of phenolic OH excluding ortho intramolecular Hbond substituents is 1. The second-order valence-corrected chi connectivity index (χ2v) is 3.66. The highest BCUT2D eigenvalue weighted by Gasteiger charge is 2.08. The number of hydrogen-bond acceptors (Lipinski definition) is 4. The van der Waals surface area contributed by atoms with Crippen molar-refractivity contribution >= 4 is 0 Å². The minimum absolute atomic E-state index is 0.00940. The van der Waals surface area contributed by atoms with Crippen LogP contribution < -0.4 is 10.1 Å². The lowest BCUT2D eigenvalue weighted by Gasteiger charge is -2.13. The van der Waals surface area contributed by atoms with Crippen LogP contribution in [0.1, 0.15) is 19.4 Å². The molecule has 0 fully saturated rings. The van der Waals surface area contributed by atoms with Gasteiger partial charge in [0.2, 0.25) is 0 Å². The van der Waals surface area contributed by atoms with Crippen LogP contribution in [0.2, 0.25) is 0 Å². The second-order valence-electron chi connectivity index (χ2n) is 3.66. The van der Waals surface area contributed by atoms with Crippen LogP contribution in [0.4, 0.5) is 0 Å². The number of aliphatic hydroxyl groups is 1. The van der Waals surface area contributed by atoms with Gasteiger partial charge in [-0.25, -0.2) is 0 Å². The van der Waals surface area contributed by atoms with E-state index in [0.717, 1.165) is 5.56 Å². The molecule has 0 aliphatic carbocycles. The van der Waals surface area contributed by atoms with Crippen molar-refractivity contribution in [2.24, 2.45) is 0 Å². The van der Waals surface area contributed by atoms with E-state index < -0.39 is 0 Å². The Morgan fingerprint density at radius 2 is 2.19 bits per heavy atom. The molecule has 1 rings (SSSR count). The van der Waals surface area contributed by atoms with Crippen LogP contribution in [-0.2, 0) is 6.54 Å². The molecule has 0 radical (unpaired) electrons. The normalized spacial score (nSPS) is 12.4. The Morgan fingerprint density at radius 1 is 1.44 bits per heavy atom. The van der Waals surface area contributed by atoms with Crippen LogP contribution in [0, 0.1) is 0 Å².